The maximum atomic E-state index is 13.6. The van der Waals surface area contributed by atoms with Crippen molar-refractivity contribution in [1.82, 2.24) is 4.90 Å². The van der Waals surface area contributed by atoms with Gasteiger partial charge in [0.05, 0.1) is 25.3 Å². The number of hydrogen-bond donors (Lipinski definition) is 2. The molecule has 0 aromatic heterocycles. The van der Waals surface area contributed by atoms with Crippen LogP contribution < -0.4 is 9.47 Å². The van der Waals surface area contributed by atoms with Crippen LogP contribution in [0, 0.1) is 17.8 Å². The summed E-state index contributed by atoms with van der Waals surface area (Å²) in [6.07, 6.45) is 11.5. The molecule has 3 aliphatic rings. The van der Waals surface area contributed by atoms with Crippen molar-refractivity contribution in [2.75, 3.05) is 46.3 Å². The number of rotatable bonds is 19. The number of aliphatic hydroxyl groups is 2. The standard InChI is InChI=1S/C41H56N2O8S/c1-6-21-43(40(46)47-4)37-27-35(42-49-8-3)33-25-28(13-9-11-22-44)32(14-10-12-23-45)38-34-26-30(50-29-15-18-31(52-5)19-16-29)17-20-36(34)51-41(37,39(33)38)48-24-7-2/h7,15-20,25-26,28,32,37-39,44-45H,2,6,8-14,21-24,27H2,1,3-5H3/t28-,32+,37-,38+,39+,41+/m0/s1. The molecule has 0 spiro atoms. The third-order valence-electron chi connectivity index (χ3n) is 10.5. The van der Waals surface area contributed by atoms with E-state index in [0.717, 1.165) is 53.2 Å². The van der Waals surface area contributed by atoms with Gasteiger partial charge in [0.25, 0.3) is 0 Å². The summed E-state index contributed by atoms with van der Waals surface area (Å²) in [7, 11) is 1.40. The molecule has 1 heterocycles. The topological polar surface area (TPSA) is 119 Å². The van der Waals surface area contributed by atoms with Crippen molar-refractivity contribution >= 4 is 23.6 Å². The highest BCUT2D eigenvalue weighted by atomic mass is 32.2. The minimum absolute atomic E-state index is 0.120. The minimum atomic E-state index is -1.31. The molecule has 0 saturated heterocycles. The van der Waals surface area contributed by atoms with Gasteiger partial charge < -0.3 is 34.0 Å². The minimum Gasteiger partial charge on any atom is -0.459 e. The predicted octanol–water partition coefficient (Wildman–Crippen LogP) is 8.33. The number of allylic oxidation sites excluding steroid dienone is 1. The summed E-state index contributed by atoms with van der Waals surface area (Å²) >= 11 is 1.68. The number of benzene rings is 2. The fraction of sp³-hybridized carbons (Fsp3) is 0.561. The molecule has 2 aromatic rings. The van der Waals surface area contributed by atoms with Crippen LogP contribution >= 0.6 is 11.8 Å². The Balaban J connectivity index is 1.76. The van der Waals surface area contributed by atoms with Crippen LogP contribution in [0.15, 0.2) is 76.8 Å². The largest absolute Gasteiger partial charge is 0.459 e. The van der Waals surface area contributed by atoms with Gasteiger partial charge in [-0.15, -0.1) is 18.3 Å². The number of oxime groups is 1. The van der Waals surface area contributed by atoms with Gasteiger partial charge in [-0.05, 0) is 105 Å². The maximum Gasteiger partial charge on any atom is 0.409 e. The lowest BCUT2D eigenvalue weighted by atomic mass is 9.55. The van der Waals surface area contributed by atoms with E-state index in [9.17, 15) is 15.0 Å². The quantitative estimate of drug-likeness (QED) is 0.0635. The fourth-order valence-corrected chi connectivity index (χ4v) is 8.77. The van der Waals surface area contributed by atoms with Crippen molar-refractivity contribution < 1.29 is 38.8 Å². The van der Waals surface area contributed by atoms with Crippen LogP contribution in [0.3, 0.4) is 0 Å². The predicted molar refractivity (Wildman–Crippen MR) is 204 cm³/mol. The van der Waals surface area contributed by atoms with E-state index >= 15 is 0 Å². The highest BCUT2D eigenvalue weighted by Gasteiger charge is 2.65. The number of unbranched alkanes of at least 4 members (excludes halogenated alkanes) is 2. The molecule has 0 bridgehead atoms. The van der Waals surface area contributed by atoms with E-state index in [0.29, 0.717) is 50.3 Å². The molecule has 284 valence electrons. The normalized spacial score (nSPS) is 25.3. The maximum absolute atomic E-state index is 13.6. The Hall–Kier alpha value is -3.51. The molecule has 0 radical (unpaired) electrons. The van der Waals surface area contributed by atoms with E-state index in [1.54, 1.807) is 22.7 Å². The van der Waals surface area contributed by atoms with Gasteiger partial charge in [0.15, 0.2) is 0 Å². The highest BCUT2D eigenvalue weighted by Crippen LogP contribution is 2.62. The Morgan fingerprint density at radius 2 is 1.81 bits per heavy atom. The molecule has 10 nitrogen and oxygen atoms in total. The van der Waals surface area contributed by atoms with Gasteiger partial charge in [0.2, 0.25) is 5.79 Å². The Morgan fingerprint density at radius 3 is 2.46 bits per heavy atom. The first-order chi connectivity index (χ1) is 25.4. The van der Waals surface area contributed by atoms with Crippen molar-refractivity contribution in [3.05, 3.63) is 72.3 Å². The molecule has 6 atom stereocenters. The lowest BCUT2D eigenvalue weighted by Gasteiger charge is -2.59. The van der Waals surface area contributed by atoms with Crippen molar-refractivity contribution in [3.63, 3.8) is 0 Å². The van der Waals surface area contributed by atoms with Crippen molar-refractivity contribution in [1.29, 1.82) is 0 Å². The molecular formula is C41H56N2O8S. The van der Waals surface area contributed by atoms with Gasteiger partial charge in [-0.3, -0.25) is 4.90 Å². The van der Waals surface area contributed by atoms with Crippen LogP contribution in [-0.4, -0.2) is 85.1 Å². The number of thioether (sulfide) groups is 1. The van der Waals surface area contributed by atoms with E-state index in [1.807, 2.05) is 56.5 Å². The summed E-state index contributed by atoms with van der Waals surface area (Å²) < 4.78 is 26.0. The number of ether oxygens (including phenoxy) is 4. The second kappa shape index (κ2) is 19.0. The van der Waals surface area contributed by atoms with Crippen LogP contribution in [0.5, 0.6) is 17.2 Å². The molecule has 2 aromatic carbocycles. The molecule has 1 amide bonds. The first kappa shape index (κ1) is 39.7. The number of aliphatic hydroxyl groups excluding tert-OH is 2. The van der Waals surface area contributed by atoms with E-state index in [2.05, 4.69) is 18.7 Å². The molecule has 2 aliphatic carbocycles. The fourth-order valence-electron chi connectivity index (χ4n) is 8.37. The molecule has 0 unspecified atom stereocenters. The first-order valence-electron chi connectivity index (χ1n) is 18.8. The summed E-state index contributed by atoms with van der Waals surface area (Å²) in [6, 6.07) is 13.4. The summed E-state index contributed by atoms with van der Waals surface area (Å²) in [5, 5.41) is 24.3. The number of methoxy groups -OCH3 is 1. The Labute approximate surface area is 313 Å². The van der Waals surface area contributed by atoms with Gasteiger partial charge in [-0.2, -0.15) is 0 Å². The zero-order chi connectivity index (χ0) is 37.1. The van der Waals surface area contributed by atoms with E-state index in [-0.39, 0.29) is 43.5 Å². The van der Waals surface area contributed by atoms with Crippen LogP contribution in [0.25, 0.3) is 0 Å². The second-order valence-electron chi connectivity index (χ2n) is 13.6. The lowest BCUT2D eigenvalue weighted by Crippen LogP contribution is -2.70. The molecular weight excluding hydrogens is 681 g/mol. The van der Waals surface area contributed by atoms with Crippen LogP contribution in [-0.2, 0) is 14.3 Å². The zero-order valence-electron chi connectivity index (χ0n) is 31.1. The average Bonchev–Trinajstić information content (AvgIpc) is 3.17. The Kier molecular flexibility index (Phi) is 14.5. The van der Waals surface area contributed by atoms with Crippen LogP contribution in [0.4, 0.5) is 4.79 Å². The first-order valence-corrected chi connectivity index (χ1v) is 20.0. The van der Waals surface area contributed by atoms with Crippen LogP contribution in [0.2, 0.25) is 0 Å². The molecule has 11 heteroatoms. The number of hydrogen-bond acceptors (Lipinski definition) is 10. The van der Waals surface area contributed by atoms with E-state index in [4.69, 9.17) is 28.9 Å². The highest BCUT2D eigenvalue weighted by molar-refractivity contribution is 7.98. The summed E-state index contributed by atoms with van der Waals surface area (Å²) in [5.74, 6) is 0.538. The Bertz CT molecular complexity index is 1550. The Morgan fingerprint density at radius 1 is 1.08 bits per heavy atom. The van der Waals surface area contributed by atoms with Gasteiger partial charge in [0.1, 0.15) is 29.9 Å². The molecule has 1 aliphatic heterocycles. The van der Waals surface area contributed by atoms with Crippen molar-refractivity contribution in [3.8, 4) is 17.2 Å². The second-order valence-corrected chi connectivity index (χ2v) is 14.5. The SMILES string of the molecule is C=CCO[C@@]12Oc3ccc(Oc4ccc(SC)cc4)cc3[C@H]3[C@H](CCCCO)[C@@H](CCCCO)C=C(C(=NOCC)C[C@@H]1N(CCC)C(=O)OC)[C@H]32. The average molecular weight is 737 g/mol. The number of fused-ring (bicyclic) bond motifs is 2. The third kappa shape index (κ3) is 8.48. The number of carbonyl (C=O) groups excluding carboxylic acids is 1. The molecule has 52 heavy (non-hydrogen) atoms. The summed E-state index contributed by atoms with van der Waals surface area (Å²) in [5.41, 5.74) is 2.76. The number of amides is 1. The molecule has 1 fully saturated rings. The van der Waals surface area contributed by atoms with Gasteiger partial charge >= 0.3 is 6.09 Å². The van der Waals surface area contributed by atoms with Gasteiger partial charge in [-0.1, -0.05) is 37.1 Å². The van der Waals surface area contributed by atoms with Crippen molar-refractivity contribution in [2.24, 2.45) is 22.9 Å². The van der Waals surface area contributed by atoms with Gasteiger partial charge in [0, 0.05) is 42.6 Å². The van der Waals surface area contributed by atoms with E-state index in [1.165, 1.54) is 7.11 Å². The number of nitrogens with zero attached hydrogens (tertiary/aromatic N) is 2. The molecule has 2 N–H and O–H groups in total. The third-order valence-corrected chi connectivity index (χ3v) is 11.2. The zero-order valence-corrected chi connectivity index (χ0v) is 31.9. The monoisotopic (exact) mass is 736 g/mol. The van der Waals surface area contributed by atoms with Crippen molar-refractivity contribution in [2.45, 2.75) is 87.9 Å². The van der Waals surface area contributed by atoms with Gasteiger partial charge in [-0.25, -0.2) is 4.79 Å². The molecule has 5 rings (SSSR count). The number of carbonyl (C=O) groups is 1. The summed E-state index contributed by atoms with van der Waals surface area (Å²) in [6.45, 7) is 9.19. The van der Waals surface area contributed by atoms with E-state index < -0.39 is 17.9 Å². The lowest BCUT2D eigenvalue weighted by molar-refractivity contribution is -0.255. The summed E-state index contributed by atoms with van der Waals surface area (Å²) in [4.78, 5) is 22.3. The smallest absolute Gasteiger partial charge is 0.409 e. The van der Waals surface area contributed by atoms with Crippen LogP contribution in [0.1, 0.15) is 76.7 Å². The molecule has 1 saturated carbocycles.